The topological polar surface area (TPSA) is 70.5 Å². The molecule has 5 rings (SSSR count). The number of fused-ring (bicyclic) bond motifs is 1. The number of rotatable bonds is 5. The minimum Gasteiger partial charge on any atom is -0.503 e. The lowest BCUT2D eigenvalue weighted by molar-refractivity contribution is -0.117. The van der Waals surface area contributed by atoms with Gasteiger partial charge in [-0.1, -0.05) is 83.6 Å². The van der Waals surface area contributed by atoms with Gasteiger partial charge in [0.2, 0.25) is 0 Å². The number of thiazole rings is 1. The van der Waals surface area contributed by atoms with Crippen LogP contribution in [0.4, 0.5) is 5.13 Å². The molecule has 2 heterocycles. The third-order valence-electron chi connectivity index (χ3n) is 6.12. The Hall–Kier alpha value is -4.03. The number of nitrogens with zero attached hydrogens (tertiary/aromatic N) is 2. The number of anilines is 1. The lowest BCUT2D eigenvalue weighted by Crippen LogP contribution is -2.30. The number of carbonyl (C=O) groups is 2. The van der Waals surface area contributed by atoms with Crippen LogP contribution in [0, 0.1) is 20.8 Å². The fraction of sp³-hybridized carbons (Fsp3) is 0.138. The molecule has 1 aliphatic heterocycles. The first-order valence-corrected chi connectivity index (χ1v) is 12.1. The highest BCUT2D eigenvalue weighted by Gasteiger charge is 2.45. The van der Waals surface area contributed by atoms with Crippen molar-refractivity contribution in [2.75, 3.05) is 4.90 Å². The maximum Gasteiger partial charge on any atom is 0.296 e. The Kier molecular flexibility index (Phi) is 5.83. The fourth-order valence-electron chi connectivity index (χ4n) is 4.41. The summed E-state index contributed by atoms with van der Waals surface area (Å²) in [7, 11) is 0. The van der Waals surface area contributed by atoms with Gasteiger partial charge in [0.25, 0.3) is 5.91 Å². The van der Waals surface area contributed by atoms with Crippen LogP contribution in [0.15, 0.2) is 84.1 Å². The molecule has 3 aromatic carbocycles. The molecule has 4 aromatic rings. The predicted molar refractivity (Wildman–Crippen MR) is 141 cm³/mol. The second-order valence-electron chi connectivity index (χ2n) is 8.78. The monoisotopic (exact) mass is 480 g/mol. The first-order chi connectivity index (χ1) is 16.8. The van der Waals surface area contributed by atoms with Crippen molar-refractivity contribution in [1.82, 2.24) is 4.98 Å². The van der Waals surface area contributed by atoms with E-state index in [9.17, 15) is 14.7 Å². The van der Waals surface area contributed by atoms with E-state index >= 15 is 0 Å². The number of amides is 1. The van der Waals surface area contributed by atoms with Gasteiger partial charge in [-0.15, -0.1) is 0 Å². The number of hydrogen-bond acceptors (Lipinski definition) is 5. The fourth-order valence-corrected chi connectivity index (χ4v) is 5.57. The van der Waals surface area contributed by atoms with Crippen LogP contribution >= 0.6 is 11.3 Å². The molecule has 1 unspecified atom stereocenters. The molecule has 0 fully saturated rings. The van der Waals surface area contributed by atoms with Crippen LogP contribution in [0.1, 0.15) is 33.9 Å². The Morgan fingerprint density at radius 2 is 1.71 bits per heavy atom. The molecule has 6 heteroatoms. The zero-order valence-corrected chi connectivity index (χ0v) is 20.5. The van der Waals surface area contributed by atoms with E-state index in [1.54, 1.807) is 6.08 Å². The molecule has 1 amide bonds. The molecule has 0 spiro atoms. The zero-order valence-electron chi connectivity index (χ0n) is 19.6. The number of benzene rings is 3. The first kappa shape index (κ1) is 22.7. The minimum absolute atomic E-state index is 0.0539. The van der Waals surface area contributed by atoms with Crippen molar-refractivity contribution in [3.8, 4) is 0 Å². The summed E-state index contributed by atoms with van der Waals surface area (Å²) in [5.41, 5.74) is 5.63. The van der Waals surface area contributed by atoms with Gasteiger partial charge in [0, 0.05) is 0 Å². The molecule has 0 saturated heterocycles. The highest BCUT2D eigenvalue weighted by atomic mass is 32.1. The molecular weight excluding hydrogens is 456 g/mol. The van der Waals surface area contributed by atoms with E-state index in [0.29, 0.717) is 5.13 Å². The second-order valence-corrected chi connectivity index (χ2v) is 9.79. The normalized spacial score (nSPS) is 16.1. The van der Waals surface area contributed by atoms with Gasteiger partial charge in [-0.05, 0) is 55.2 Å². The maximum absolute atomic E-state index is 13.4. The van der Waals surface area contributed by atoms with Gasteiger partial charge in [-0.2, -0.15) is 0 Å². The average molecular weight is 481 g/mol. The number of aromatic nitrogens is 1. The minimum atomic E-state index is -0.780. The number of hydrogen-bond donors (Lipinski definition) is 1. The molecule has 0 saturated carbocycles. The maximum atomic E-state index is 13.4. The standard InChI is InChI=1S/C29H24N2O3S/c1-17-9-12-21(13-10-17)26-24(22(32)14-11-20-7-5-4-6-8-20)27(33)28(34)31(26)29-30-25-19(3)15-18(2)16-23(25)35-29/h4-16,26,33H,1-3H3. The second kappa shape index (κ2) is 8.96. The number of allylic oxidation sites excluding steroid dienone is 1. The molecule has 1 atom stereocenters. The highest BCUT2D eigenvalue weighted by molar-refractivity contribution is 7.22. The van der Waals surface area contributed by atoms with E-state index in [0.717, 1.165) is 38.0 Å². The van der Waals surface area contributed by atoms with Gasteiger partial charge in [0.05, 0.1) is 21.8 Å². The van der Waals surface area contributed by atoms with Crippen molar-refractivity contribution in [3.63, 3.8) is 0 Å². The van der Waals surface area contributed by atoms with E-state index in [-0.39, 0.29) is 5.57 Å². The molecule has 1 aliphatic rings. The van der Waals surface area contributed by atoms with Gasteiger partial charge in [0.1, 0.15) is 0 Å². The van der Waals surface area contributed by atoms with Crippen LogP contribution in [-0.4, -0.2) is 21.8 Å². The Bertz CT molecular complexity index is 1520. The van der Waals surface area contributed by atoms with Crippen molar-refractivity contribution < 1.29 is 14.7 Å². The quantitative estimate of drug-likeness (QED) is 0.335. The van der Waals surface area contributed by atoms with Crippen molar-refractivity contribution in [3.05, 3.63) is 112 Å². The third kappa shape index (κ3) is 4.17. The summed E-state index contributed by atoms with van der Waals surface area (Å²) in [4.78, 5) is 33.0. The van der Waals surface area contributed by atoms with Crippen LogP contribution in [-0.2, 0) is 9.59 Å². The van der Waals surface area contributed by atoms with Crippen LogP contribution in [0.25, 0.3) is 16.3 Å². The summed E-state index contributed by atoms with van der Waals surface area (Å²) >= 11 is 1.38. The molecule has 0 aliphatic carbocycles. The van der Waals surface area contributed by atoms with Crippen molar-refractivity contribution in [1.29, 1.82) is 0 Å². The van der Waals surface area contributed by atoms with Crippen molar-refractivity contribution >= 4 is 44.5 Å². The van der Waals surface area contributed by atoms with E-state index in [1.807, 2.05) is 87.5 Å². The number of aliphatic hydroxyl groups is 1. The lowest BCUT2D eigenvalue weighted by Gasteiger charge is -2.24. The molecule has 1 N–H and O–H groups in total. The van der Waals surface area contributed by atoms with E-state index in [2.05, 4.69) is 0 Å². The van der Waals surface area contributed by atoms with Gasteiger partial charge < -0.3 is 5.11 Å². The van der Waals surface area contributed by atoms with Crippen LogP contribution < -0.4 is 4.90 Å². The largest absolute Gasteiger partial charge is 0.503 e. The average Bonchev–Trinajstić information content (AvgIpc) is 3.37. The summed E-state index contributed by atoms with van der Waals surface area (Å²) in [6.07, 6.45) is 3.09. The van der Waals surface area contributed by atoms with Gasteiger partial charge in [0.15, 0.2) is 16.7 Å². The van der Waals surface area contributed by atoms with E-state index in [1.165, 1.54) is 22.3 Å². The van der Waals surface area contributed by atoms with Crippen molar-refractivity contribution in [2.24, 2.45) is 0 Å². The van der Waals surface area contributed by atoms with Gasteiger partial charge >= 0.3 is 0 Å². The molecule has 174 valence electrons. The van der Waals surface area contributed by atoms with Crippen LogP contribution in [0.3, 0.4) is 0 Å². The summed E-state index contributed by atoms with van der Waals surface area (Å²) < 4.78 is 0.955. The summed E-state index contributed by atoms with van der Waals surface area (Å²) in [5, 5.41) is 11.4. The highest BCUT2D eigenvalue weighted by Crippen LogP contribution is 2.44. The summed E-state index contributed by atoms with van der Waals surface area (Å²) in [6.45, 7) is 5.98. The number of aryl methyl sites for hydroxylation is 3. The van der Waals surface area contributed by atoms with Crippen molar-refractivity contribution in [2.45, 2.75) is 26.8 Å². The molecule has 0 radical (unpaired) electrons. The van der Waals surface area contributed by atoms with Crippen LogP contribution in [0.2, 0.25) is 0 Å². The smallest absolute Gasteiger partial charge is 0.296 e. The van der Waals surface area contributed by atoms with Crippen LogP contribution in [0.5, 0.6) is 0 Å². The number of ketones is 1. The third-order valence-corrected chi connectivity index (χ3v) is 7.12. The lowest BCUT2D eigenvalue weighted by atomic mass is 9.95. The molecule has 5 nitrogen and oxygen atoms in total. The molecule has 1 aromatic heterocycles. The molecule has 35 heavy (non-hydrogen) atoms. The Balaban J connectivity index is 1.62. The molecule has 0 bridgehead atoms. The van der Waals surface area contributed by atoms with E-state index in [4.69, 9.17) is 4.98 Å². The van der Waals surface area contributed by atoms with E-state index < -0.39 is 23.5 Å². The zero-order chi connectivity index (χ0) is 24.7. The predicted octanol–water partition coefficient (Wildman–Crippen LogP) is 6.40. The first-order valence-electron chi connectivity index (χ1n) is 11.3. The van der Waals surface area contributed by atoms with Gasteiger partial charge in [-0.3, -0.25) is 14.5 Å². The Labute approximate surface area is 207 Å². The Morgan fingerprint density at radius 3 is 2.43 bits per heavy atom. The van der Waals surface area contributed by atoms with Gasteiger partial charge in [-0.25, -0.2) is 4.98 Å². The summed E-state index contributed by atoms with van der Waals surface area (Å²) in [5.74, 6) is -1.58. The SMILES string of the molecule is Cc1ccc(C2C(C(=O)C=Cc3ccccc3)=C(O)C(=O)N2c2nc3c(C)cc(C)cc3s2)cc1. The summed E-state index contributed by atoms with van der Waals surface area (Å²) in [6, 6.07) is 20.4. The Morgan fingerprint density at radius 1 is 1.00 bits per heavy atom. The molecular formula is C29H24N2O3S. The number of carbonyl (C=O) groups excluding carboxylic acids is 2. The number of aliphatic hydroxyl groups excluding tert-OH is 1.